The highest BCUT2D eigenvalue weighted by atomic mass is 16.5. The number of imidazole rings is 1. The third-order valence-electron chi connectivity index (χ3n) is 3.09. The third kappa shape index (κ3) is 3.71. The van der Waals surface area contributed by atoms with Gasteiger partial charge in [0.25, 0.3) is 0 Å². The van der Waals surface area contributed by atoms with Crippen molar-refractivity contribution < 1.29 is 4.74 Å². The van der Waals surface area contributed by atoms with Crippen LogP contribution in [0.4, 0.5) is 5.95 Å². The van der Waals surface area contributed by atoms with Crippen molar-refractivity contribution in [2.24, 2.45) is 0 Å². The van der Waals surface area contributed by atoms with Crippen LogP contribution in [0.1, 0.15) is 13.3 Å². The van der Waals surface area contributed by atoms with Gasteiger partial charge in [0.05, 0.1) is 13.2 Å². The summed E-state index contributed by atoms with van der Waals surface area (Å²) in [5.41, 5.74) is 0. The maximum Gasteiger partial charge on any atom is 0.202 e. The zero-order chi connectivity index (χ0) is 11.9. The van der Waals surface area contributed by atoms with Crippen molar-refractivity contribution in [2.75, 3.05) is 44.7 Å². The van der Waals surface area contributed by atoms with Crippen molar-refractivity contribution in [1.82, 2.24) is 14.5 Å². The summed E-state index contributed by atoms with van der Waals surface area (Å²) in [6.45, 7) is 9.12. The number of anilines is 1. The van der Waals surface area contributed by atoms with Crippen LogP contribution < -0.4 is 5.32 Å². The molecule has 0 unspecified atom stereocenters. The molecule has 0 aliphatic carbocycles. The summed E-state index contributed by atoms with van der Waals surface area (Å²) in [5.74, 6) is 0.981. The van der Waals surface area contributed by atoms with E-state index in [2.05, 4.69) is 26.7 Å². The Bertz CT molecular complexity index is 320. The number of nitrogens with zero attached hydrogens (tertiary/aromatic N) is 3. The van der Waals surface area contributed by atoms with Gasteiger partial charge in [-0.2, -0.15) is 0 Å². The van der Waals surface area contributed by atoms with Crippen LogP contribution in [0.25, 0.3) is 0 Å². The van der Waals surface area contributed by atoms with Crippen molar-refractivity contribution in [3.05, 3.63) is 12.4 Å². The molecule has 5 nitrogen and oxygen atoms in total. The zero-order valence-electron chi connectivity index (χ0n) is 10.6. The lowest BCUT2D eigenvalue weighted by Gasteiger charge is -2.26. The third-order valence-corrected chi connectivity index (χ3v) is 3.09. The molecule has 0 radical (unpaired) electrons. The lowest BCUT2D eigenvalue weighted by Crippen LogP contribution is -2.37. The molecule has 0 amide bonds. The molecule has 1 fully saturated rings. The fourth-order valence-corrected chi connectivity index (χ4v) is 2.06. The monoisotopic (exact) mass is 238 g/mol. The van der Waals surface area contributed by atoms with E-state index >= 15 is 0 Å². The average molecular weight is 238 g/mol. The first-order valence-electron chi connectivity index (χ1n) is 6.45. The minimum absolute atomic E-state index is 0.883. The van der Waals surface area contributed by atoms with Gasteiger partial charge in [0.1, 0.15) is 0 Å². The summed E-state index contributed by atoms with van der Waals surface area (Å²) in [6, 6.07) is 0. The Hall–Kier alpha value is -1.07. The van der Waals surface area contributed by atoms with E-state index in [0.29, 0.717) is 0 Å². The second-order valence-electron chi connectivity index (χ2n) is 4.27. The van der Waals surface area contributed by atoms with Crippen LogP contribution >= 0.6 is 0 Å². The molecule has 1 aliphatic heterocycles. The molecule has 96 valence electrons. The van der Waals surface area contributed by atoms with Gasteiger partial charge in [-0.1, -0.05) is 0 Å². The van der Waals surface area contributed by atoms with Crippen LogP contribution in [0.2, 0.25) is 0 Å². The van der Waals surface area contributed by atoms with E-state index in [1.54, 1.807) is 0 Å². The first-order valence-corrected chi connectivity index (χ1v) is 6.45. The van der Waals surface area contributed by atoms with Gasteiger partial charge < -0.3 is 14.6 Å². The molecule has 0 bridgehead atoms. The maximum atomic E-state index is 5.32. The molecule has 0 atom stereocenters. The van der Waals surface area contributed by atoms with Gasteiger partial charge in [-0.15, -0.1) is 0 Å². The van der Waals surface area contributed by atoms with Gasteiger partial charge in [0, 0.05) is 38.6 Å². The van der Waals surface area contributed by atoms with E-state index in [-0.39, 0.29) is 0 Å². The first kappa shape index (κ1) is 12.4. The Balaban J connectivity index is 1.62. The van der Waals surface area contributed by atoms with Crippen LogP contribution in [0.15, 0.2) is 12.4 Å². The van der Waals surface area contributed by atoms with Crippen molar-refractivity contribution in [1.29, 1.82) is 0 Å². The Morgan fingerprint density at radius 1 is 1.41 bits per heavy atom. The lowest BCUT2D eigenvalue weighted by atomic mass is 10.3. The first-order chi connectivity index (χ1) is 8.40. The maximum absolute atomic E-state index is 5.32. The van der Waals surface area contributed by atoms with Crippen molar-refractivity contribution >= 4 is 5.95 Å². The van der Waals surface area contributed by atoms with Crippen LogP contribution in [-0.2, 0) is 11.3 Å². The molecule has 1 saturated heterocycles. The second kappa shape index (κ2) is 6.61. The summed E-state index contributed by atoms with van der Waals surface area (Å²) in [7, 11) is 0. The average Bonchev–Trinajstić information content (AvgIpc) is 2.83. The SMILES string of the molecule is CCn1ccnc1NCCCN1CCOCC1. The summed E-state index contributed by atoms with van der Waals surface area (Å²) in [4.78, 5) is 6.75. The summed E-state index contributed by atoms with van der Waals surface area (Å²) in [5, 5.41) is 3.38. The van der Waals surface area contributed by atoms with Crippen LogP contribution in [0.5, 0.6) is 0 Å². The van der Waals surface area contributed by atoms with Crippen LogP contribution in [-0.4, -0.2) is 53.8 Å². The van der Waals surface area contributed by atoms with E-state index in [9.17, 15) is 0 Å². The van der Waals surface area contributed by atoms with E-state index in [4.69, 9.17) is 4.74 Å². The minimum Gasteiger partial charge on any atom is -0.379 e. The largest absolute Gasteiger partial charge is 0.379 e. The highest BCUT2D eigenvalue weighted by Crippen LogP contribution is 2.04. The van der Waals surface area contributed by atoms with Gasteiger partial charge in [-0.25, -0.2) is 4.98 Å². The molecule has 1 N–H and O–H groups in total. The number of hydrogen-bond donors (Lipinski definition) is 1. The zero-order valence-corrected chi connectivity index (χ0v) is 10.6. The fraction of sp³-hybridized carbons (Fsp3) is 0.750. The molecule has 0 spiro atoms. The number of rotatable bonds is 6. The second-order valence-corrected chi connectivity index (χ2v) is 4.27. The number of hydrogen-bond acceptors (Lipinski definition) is 4. The van der Waals surface area contributed by atoms with Gasteiger partial charge in [-0.3, -0.25) is 4.90 Å². The predicted molar refractivity (Wildman–Crippen MR) is 68.3 cm³/mol. The molecule has 1 aromatic rings. The number of ether oxygens (including phenoxy) is 1. The molecule has 2 heterocycles. The Kier molecular flexibility index (Phi) is 4.82. The number of morpholine rings is 1. The van der Waals surface area contributed by atoms with Gasteiger partial charge >= 0.3 is 0 Å². The number of nitrogens with one attached hydrogen (secondary N) is 1. The van der Waals surface area contributed by atoms with E-state index in [1.807, 2.05) is 12.4 Å². The molecule has 1 aromatic heterocycles. The van der Waals surface area contributed by atoms with Crippen LogP contribution in [0, 0.1) is 0 Å². The minimum atomic E-state index is 0.883. The molecular formula is C12H22N4O. The molecule has 0 saturated carbocycles. The van der Waals surface area contributed by atoms with E-state index in [1.165, 1.54) is 0 Å². The van der Waals surface area contributed by atoms with Crippen molar-refractivity contribution in [3.63, 3.8) is 0 Å². The lowest BCUT2D eigenvalue weighted by molar-refractivity contribution is 0.0378. The van der Waals surface area contributed by atoms with Crippen molar-refractivity contribution in [2.45, 2.75) is 19.9 Å². The topological polar surface area (TPSA) is 42.3 Å². The van der Waals surface area contributed by atoms with Gasteiger partial charge in [0.2, 0.25) is 5.95 Å². The normalized spacial score (nSPS) is 17.2. The molecular weight excluding hydrogens is 216 g/mol. The molecule has 0 aromatic carbocycles. The summed E-state index contributed by atoms with van der Waals surface area (Å²) >= 11 is 0. The Labute approximate surface area is 103 Å². The molecule has 17 heavy (non-hydrogen) atoms. The van der Waals surface area contributed by atoms with Crippen LogP contribution in [0.3, 0.4) is 0 Å². The van der Waals surface area contributed by atoms with E-state index in [0.717, 1.165) is 58.3 Å². The Morgan fingerprint density at radius 2 is 2.24 bits per heavy atom. The molecule has 1 aliphatic rings. The molecule has 5 heteroatoms. The standard InChI is InChI=1S/C12H22N4O/c1-2-16-7-5-14-12(16)13-4-3-6-15-8-10-17-11-9-15/h5,7H,2-4,6,8-11H2,1H3,(H,13,14). The molecule has 2 rings (SSSR count). The summed E-state index contributed by atoms with van der Waals surface area (Å²) in [6.07, 6.45) is 4.99. The number of aromatic nitrogens is 2. The van der Waals surface area contributed by atoms with Gasteiger partial charge in [-0.05, 0) is 19.9 Å². The highest BCUT2D eigenvalue weighted by molar-refractivity contribution is 5.25. The summed E-state index contributed by atoms with van der Waals surface area (Å²) < 4.78 is 7.44. The predicted octanol–water partition coefficient (Wildman–Crippen LogP) is 1.04. The van der Waals surface area contributed by atoms with Crippen molar-refractivity contribution in [3.8, 4) is 0 Å². The van der Waals surface area contributed by atoms with Gasteiger partial charge in [0.15, 0.2) is 0 Å². The number of aryl methyl sites for hydroxylation is 1. The fourth-order valence-electron chi connectivity index (χ4n) is 2.06. The highest BCUT2D eigenvalue weighted by Gasteiger charge is 2.09. The quantitative estimate of drug-likeness (QED) is 0.752. The van der Waals surface area contributed by atoms with E-state index < -0.39 is 0 Å². The smallest absolute Gasteiger partial charge is 0.202 e. The Morgan fingerprint density at radius 3 is 3.00 bits per heavy atom.